The van der Waals surface area contributed by atoms with E-state index in [1.54, 1.807) is 0 Å². The number of hydrogen-bond donors (Lipinski definition) is 2. The maximum atomic E-state index is 11.8. The van der Waals surface area contributed by atoms with E-state index in [4.69, 9.17) is 13.9 Å². The molecule has 2 aromatic carbocycles. The highest BCUT2D eigenvalue weighted by Crippen LogP contribution is 2.38. The summed E-state index contributed by atoms with van der Waals surface area (Å²) < 4.78 is 18.7. The summed E-state index contributed by atoms with van der Waals surface area (Å²) >= 11 is 0. The Morgan fingerprint density at radius 2 is 1.60 bits per heavy atom. The minimum Gasteiger partial charge on any atom is -0.481 e. The number of carbonyl (C=O) groups is 1. The third-order valence-electron chi connectivity index (χ3n) is 6.68. The van der Waals surface area contributed by atoms with E-state index in [0.29, 0.717) is 25.9 Å². The molecule has 1 aliphatic heterocycles. The van der Waals surface area contributed by atoms with Crippen LogP contribution in [0, 0.1) is 0 Å². The molecule has 1 heterocycles. The summed E-state index contributed by atoms with van der Waals surface area (Å²) in [4.78, 5) is 11.2. The lowest BCUT2D eigenvalue weighted by Gasteiger charge is -2.45. The molecule has 1 fully saturated rings. The summed E-state index contributed by atoms with van der Waals surface area (Å²) in [5.74, 6) is -1.58. The molecule has 0 radical (unpaired) electrons. The van der Waals surface area contributed by atoms with E-state index in [-0.39, 0.29) is 24.2 Å². The Bertz CT molecular complexity index is 917. The number of aliphatic carboxylic acids is 1. The second-order valence-electron chi connectivity index (χ2n) is 11.1. The van der Waals surface area contributed by atoms with E-state index in [0.717, 1.165) is 10.4 Å². The van der Waals surface area contributed by atoms with Gasteiger partial charge in [-0.05, 0) is 42.1 Å². The van der Waals surface area contributed by atoms with Gasteiger partial charge in [0.05, 0.1) is 24.9 Å². The van der Waals surface area contributed by atoms with Crippen LogP contribution < -0.4 is 10.4 Å². The first kappa shape index (κ1) is 27.6. The molecule has 7 heteroatoms. The van der Waals surface area contributed by atoms with E-state index in [1.165, 1.54) is 0 Å². The van der Waals surface area contributed by atoms with Crippen LogP contribution in [-0.4, -0.2) is 55.2 Å². The Hall–Kier alpha value is -2.03. The third-order valence-corrected chi connectivity index (χ3v) is 11.7. The molecule has 1 aliphatic rings. The number of benzene rings is 2. The van der Waals surface area contributed by atoms with Crippen molar-refractivity contribution in [1.29, 1.82) is 0 Å². The van der Waals surface area contributed by atoms with Crippen LogP contribution in [0.25, 0.3) is 0 Å². The van der Waals surface area contributed by atoms with Crippen LogP contribution >= 0.6 is 0 Å². The van der Waals surface area contributed by atoms with E-state index in [1.807, 2.05) is 50.2 Å². The number of ether oxygens (including phenoxy) is 2. The standard InChI is InChI=1S/C28H40O6Si/c1-26(2,3)35(23-13-8-6-9-14-23,24-15-10-7-11-16-24)33-21-28(31,18-12-17-25(29)30)19-22-20-32-27(4,5)34-22/h6-11,13-16,22,31H,12,17-21H2,1-5H3,(H,29,30). The van der Waals surface area contributed by atoms with E-state index >= 15 is 0 Å². The van der Waals surface area contributed by atoms with Gasteiger partial charge in [0.1, 0.15) is 0 Å². The summed E-state index contributed by atoms with van der Waals surface area (Å²) in [5.41, 5.74) is -1.25. The first-order chi connectivity index (χ1) is 16.4. The number of carboxylic acid groups (broad SMARTS) is 1. The fourth-order valence-electron chi connectivity index (χ4n) is 5.09. The van der Waals surface area contributed by atoms with Gasteiger partial charge in [0, 0.05) is 12.8 Å². The third kappa shape index (κ3) is 6.80. The zero-order chi connectivity index (χ0) is 25.7. The molecular weight excluding hydrogens is 460 g/mol. The lowest BCUT2D eigenvalue weighted by molar-refractivity contribution is -0.148. The summed E-state index contributed by atoms with van der Waals surface area (Å²) in [6.45, 7) is 10.8. The summed E-state index contributed by atoms with van der Waals surface area (Å²) in [7, 11) is -2.85. The molecule has 0 aromatic heterocycles. The van der Waals surface area contributed by atoms with Crippen LogP contribution in [0.2, 0.25) is 5.04 Å². The number of carboxylic acids is 1. The van der Waals surface area contributed by atoms with Gasteiger partial charge in [0.2, 0.25) is 0 Å². The van der Waals surface area contributed by atoms with Gasteiger partial charge in [-0.1, -0.05) is 81.4 Å². The van der Waals surface area contributed by atoms with Gasteiger partial charge in [0.15, 0.2) is 5.79 Å². The molecule has 0 bridgehead atoms. The van der Waals surface area contributed by atoms with Gasteiger partial charge in [-0.15, -0.1) is 0 Å². The smallest absolute Gasteiger partial charge is 0.303 e. The monoisotopic (exact) mass is 500 g/mol. The van der Waals surface area contributed by atoms with Gasteiger partial charge >= 0.3 is 5.97 Å². The van der Waals surface area contributed by atoms with Crippen molar-refractivity contribution in [2.45, 2.75) is 82.8 Å². The van der Waals surface area contributed by atoms with Crippen LogP contribution in [0.15, 0.2) is 60.7 Å². The highest BCUT2D eigenvalue weighted by atomic mass is 28.4. The van der Waals surface area contributed by atoms with Gasteiger partial charge in [-0.25, -0.2) is 0 Å². The summed E-state index contributed by atoms with van der Waals surface area (Å²) in [6, 6.07) is 20.6. The summed E-state index contributed by atoms with van der Waals surface area (Å²) in [5, 5.41) is 23.1. The molecule has 0 spiro atoms. The predicted molar refractivity (Wildman–Crippen MR) is 140 cm³/mol. The average molecular weight is 501 g/mol. The van der Waals surface area contributed by atoms with E-state index in [9.17, 15) is 15.0 Å². The van der Waals surface area contributed by atoms with Crippen LogP contribution in [0.5, 0.6) is 0 Å². The number of aliphatic hydroxyl groups is 1. The molecular formula is C28H40O6Si. The maximum absolute atomic E-state index is 11.8. The fourth-order valence-corrected chi connectivity index (χ4v) is 9.73. The van der Waals surface area contributed by atoms with Crippen molar-refractivity contribution in [3.63, 3.8) is 0 Å². The Labute approximate surface area is 210 Å². The normalized spacial score (nSPS) is 19.9. The van der Waals surface area contributed by atoms with Gasteiger partial charge in [-0.3, -0.25) is 4.79 Å². The maximum Gasteiger partial charge on any atom is 0.303 e. The van der Waals surface area contributed by atoms with Crippen molar-refractivity contribution in [3.8, 4) is 0 Å². The Kier molecular flexibility index (Phi) is 8.60. The van der Waals surface area contributed by atoms with E-state index in [2.05, 4.69) is 45.0 Å². The van der Waals surface area contributed by atoms with Crippen LogP contribution in [-0.2, 0) is 18.7 Å². The molecule has 192 valence electrons. The van der Waals surface area contributed by atoms with Crippen LogP contribution in [0.1, 0.15) is 60.3 Å². The Morgan fingerprint density at radius 3 is 2.03 bits per heavy atom. The topological polar surface area (TPSA) is 85.2 Å². The second-order valence-corrected chi connectivity index (χ2v) is 15.4. The number of rotatable bonds is 11. The van der Waals surface area contributed by atoms with Crippen molar-refractivity contribution in [3.05, 3.63) is 60.7 Å². The Balaban J connectivity index is 1.96. The molecule has 6 nitrogen and oxygen atoms in total. The number of hydrogen-bond acceptors (Lipinski definition) is 5. The molecule has 2 N–H and O–H groups in total. The van der Waals surface area contributed by atoms with E-state index < -0.39 is 25.7 Å². The van der Waals surface area contributed by atoms with Crippen molar-refractivity contribution in [2.75, 3.05) is 13.2 Å². The van der Waals surface area contributed by atoms with Crippen molar-refractivity contribution >= 4 is 24.7 Å². The molecule has 3 rings (SSSR count). The molecule has 35 heavy (non-hydrogen) atoms. The fraction of sp³-hybridized carbons (Fsp3) is 0.536. The highest BCUT2D eigenvalue weighted by molar-refractivity contribution is 6.99. The van der Waals surface area contributed by atoms with Crippen molar-refractivity contribution < 1.29 is 28.9 Å². The first-order valence-corrected chi connectivity index (χ1v) is 14.3. The average Bonchev–Trinajstić information content (AvgIpc) is 3.12. The molecule has 1 saturated heterocycles. The quantitative estimate of drug-likeness (QED) is 0.452. The van der Waals surface area contributed by atoms with Gasteiger partial charge < -0.3 is 24.1 Å². The largest absolute Gasteiger partial charge is 0.481 e. The molecule has 2 aromatic rings. The molecule has 0 amide bonds. The SMILES string of the molecule is CC1(C)OCC(CC(O)(CCCC(=O)O)CO[Si](c2ccccc2)(c2ccccc2)C(C)(C)C)O1. The van der Waals surface area contributed by atoms with Crippen LogP contribution in [0.3, 0.4) is 0 Å². The zero-order valence-electron chi connectivity index (χ0n) is 21.6. The predicted octanol–water partition coefficient (Wildman–Crippen LogP) is 4.09. The lowest BCUT2D eigenvalue weighted by Crippen LogP contribution is -2.67. The zero-order valence-corrected chi connectivity index (χ0v) is 22.6. The minimum atomic E-state index is -2.85. The Morgan fingerprint density at radius 1 is 1.06 bits per heavy atom. The summed E-state index contributed by atoms with van der Waals surface area (Å²) in [6.07, 6.45) is 0.677. The first-order valence-electron chi connectivity index (χ1n) is 12.4. The van der Waals surface area contributed by atoms with Crippen molar-refractivity contribution in [1.82, 2.24) is 0 Å². The lowest BCUT2D eigenvalue weighted by atomic mass is 9.91. The molecule has 0 aliphatic carbocycles. The minimum absolute atomic E-state index is 0.00492. The molecule has 2 atom stereocenters. The van der Waals surface area contributed by atoms with Crippen molar-refractivity contribution in [2.24, 2.45) is 0 Å². The highest BCUT2D eigenvalue weighted by Gasteiger charge is 2.51. The van der Waals surface area contributed by atoms with Gasteiger partial charge in [-0.2, -0.15) is 0 Å². The molecule has 2 unspecified atom stereocenters. The van der Waals surface area contributed by atoms with Gasteiger partial charge in [0.25, 0.3) is 8.32 Å². The second kappa shape index (κ2) is 10.9. The van der Waals surface area contributed by atoms with Crippen LogP contribution in [0.4, 0.5) is 0 Å². The molecule has 0 saturated carbocycles.